The van der Waals surface area contributed by atoms with Gasteiger partial charge in [0.05, 0.1) is 6.04 Å². The Labute approximate surface area is 100 Å². The zero-order chi connectivity index (χ0) is 12.8. The molecular formula is C12H18FNO3. The van der Waals surface area contributed by atoms with Gasteiger partial charge in [-0.05, 0) is 33.6 Å². The highest BCUT2D eigenvalue weighted by molar-refractivity contribution is 5.87. The molecule has 2 bridgehead atoms. The van der Waals surface area contributed by atoms with Crippen LogP contribution in [0.4, 0.5) is 9.18 Å². The zero-order valence-corrected chi connectivity index (χ0v) is 10.4. The predicted molar refractivity (Wildman–Crippen MR) is 59.4 cm³/mol. The van der Waals surface area contributed by atoms with Crippen molar-refractivity contribution in [3.8, 4) is 0 Å². The number of ether oxygens (including phenoxy) is 1. The van der Waals surface area contributed by atoms with Gasteiger partial charge in [-0.3, -0.25) is 9.69 Å². The fourth-order valence-corrected chi connectivity index (χ4v) is 2.56. The van der Waals surface area contributed by atoms with Crippen molar-refractivity contribution in [2.24, 2.45) is 0 Å². The van der Waals surface area contributed by atoms with Gasteiger partial charge in [0.1, 0.15) is 5.60 Å². The van der Waals surface area contributed by atoms with Crippen molar-refractivity contribution in [1.29, 1.82) is 0 Å². The lowest BCUT2D eigenvalue weighted by molar-refractivity contribution is -0.130. The molecule has 0 spiro atoms. The highest BCUT2D eigenvalue weighted by Gasteiger charge is 2.50. The molecule has 3 atom stereocenters. The SMILES string of the molecule is CC(C)(C)OC(=O)N1[C@@H]2CC[C@H]1[C@H](F)C(=O)C2. The van der Waals surface area contributed by atoms with Crippen LogP contribution in [0.2, 0.25) is 0 Å². The van der Waals surface area contributed by atoms with Crippen LogP contribution in [0.5, 0.6) is 0 Å². The molecule has 2 aliphatic heterocycles. The molecule has 5 heteroatoms. The van der Waals surface area contributed by atoms with Crippen molar-refractivity contribution in [1.82, 2.24) is 4.90 Å². The third-order valence-corrected chi connectivity index (χ3v) is 3.23. The van der Waals surface area contributed by atoms with Gasteiger partial charge in [0.2, 0.25) is 0 Å². The first kappa shape index (κ1) is 12.3. The summed E-state index contributed by atoms with van der Waals surface area (Å²) in [6.07, 6.45) is -0.675. The first-order chi connectivity index (χ1) is 7.79. The molecular weight excluding hydrogens is 225 g/mol. The molecule has 2 rings (SSSR count). The summed E-state index contributed by atoms with van der Waals surface area (Å²) < 4.78 is 19.0. The van der Waals surface area contributed by atoms with Crippen LogP contribution in [-0.4, -0.2) is 40.6 Å². The third-order valence-electron chi connectivity index (χ3n) is 3.23. The standard InChI is InChI=1S/C12H18FNO3/c1-12(2,3)17-11(16)14-7-4-5-8(14)10(13)9(15)6-7/h7-8,10H,4-6H2,1-3H3/t7-,8+,10+/m1/s1. The van der Waals surface area contributed by atoms with E-state index < -0.39 is 23.9 Å². The first-order valence-corrected chi connectivity index (χ1v) is 5.98. The first-order valence-electron chi connectivity index (χ1n) is 5.98. The quantitative estimate of drug-likeness (QED) is 0.654. The summed E-state index contributed by atoms with van der Waals surface area (Å²) in [6.45, 7) is 5.32. The fraction of sp³-hybridized carbons (Fsp3) is 0.833. The number of fused-ring (bicyclic) bond motifs is 2. The Bertz CT molecular complexity index is 350. The fourth-order valence-electron chi connectivity index (χ4n) is 2.56. The summed E-state index contributed by atoms with van der Waals surface area (Å²) in [6, 6.07) is -0.787. The molecule has 1 amide bonds. The third kappa shape index (κ3) is 2.28. The smallest absolute Gasteiger partial charge is 0.410 e. The number of ketones is 1. The molecule has 2 heterocycles. The number of nitrogens with zero attached hydrogens (tertiary/aromatic N) is 1. The Morgan fingerprint density at radius 2 is 2.06 bits per heavy atom. The van der Waals surface area contributed by atoms with Gasteiger partial charge in [-0.15, -0.1) is 0 Å². The number of amides is 1. The van der Waals surface area contributed by atoms with E-state index in [-0.39, 0.29) is 18.2 Å². The van der Waals surface area contributed by atoms with Gasteiger partial charge in [0, 0.05) is 12.5 Å². The van der Waals surface area contributed by atoms with Crippen molar-refractivity contribution in [3.05, 3.63) is 0 Å². The zero-order valence-electron chi connectivity index (χ0n) is 10.4. The van der Waals surface area contributed by atoms with E-state index in [1.807, 2.05) is 0 Å². The minimum absolute atomic E-state index is 0.122. The van der Waals surface area contributed by atoms with E-state index in [9.17, 15) is 14.0 Å². The molecule has 0 saturated carbocycles. The van der Waals surface area contributed by atoms with Crippen molar-refractivity contribution >= 4 is 11.9 Å². The van der Waals surface area contributed by atoms with Crippen molar-refractivity contribution in [2.75, 3.05) is 0 Å². The van der Waals surface area contributed by atoms with Crippen LogP contribution < -0.4 is 0 Å². The second kappa shape index (κ2) is 3.96. The van der Waals surface area contributed by atoms with E-state index in [0.717, 1.165) is 0 Å². The predicted octanol–water partition coefficient (Wildman–Crippen LogP) is 2.07. The molecule has 2 fully saturated rings. The Hall–Kier alpha value is -1.13. The number of Topliss-reactive ketones (excluding diaryl/α,β-unsaturated/α-hetero) is 1. The molecule has 96 valence electrons. The van der Waals surface area contributed by atoms with E-state index in [0.29, 0.717) is 12.8 Å². The number of halogens is 1. The lowest BCUT2D eigenvalue weighted by Gasteiger charge is -2.36. The van der Waals surface area contributed by atoms with E-state index in [1.54, 1.807) is 20.8 Å². The topological polar surface area (TPSA) is 46.6 Å². The molecule has 0 unspecified atom stereocenters. The van der Waals surface area contributed by atoms with Crippen molar-refractivity contribution in [3.63, 3.8) is 0 Å². The monoisotopic (exact) mass is 243 g/mol. The maximum absolute atomic E-state index is 13.7. The highest BCUT2D eigenvalue weighted by Crippen LogP contribution is 2.36. The average Bonchev–Trinajstić information content (AvgIpc) is 2.51. The number of carbonyl (C=O) groups excluding carboxylic acids is 2. The van der Waals surface area contributed by atoms with E-state index in [1.165, 1.54) is 4.90 Å². The highest BCUT2D eigenvalue weighted by atomic mass is 19.1. The second-order valence-corrected chi connectivity index (χ2v) is 5.76. The summed E-state index contributed by atoms with van der Waals surface area (Å²) in [5, 5.41) is 0. The number of piperidine rings is 1. The minimum atomic E-state index is -1.54. The molecule has 2 saturated heterocycles. The van der Waals surface area contributed by atoms with Gasteiger partial charge >= 0.3 is 6.09 Å². The van der Waals surface area contributed by atoms with Crippen LogP contribution in [-0.2, 0) is 9.53 Å². The Kier molecular flexibility index (Phi) is 2.87. The van der Waals surface area contributed by atoms with Crippen molar-refractivity contribution in [2.45, 2.75) is 63.9 Å². The molecule has 0 radical (unpaired) electrons. The van der Waals surface area contributed by atoms with Crippen LogP contribution in [0.15, 0.2) is 0 Å². The lowest BCUT2D eigenvalue weighted by atomic mass is 10.0. The normalized spacial score (nSPS) is 32.8. The van der Waals surface area contributed by atoms with Crippen LogP contribution in [0, 0.1) is 0 Å². The summed E-state index contributed by atoms with van der Waals surface area (Å²) in [5.41, 5.74) is -0.593. The van der Waals surface area contributed by atoms with Crippen LogP contribution >= 0.6 is 0 Å². The maximum atomic E-state index is 13.7. The van der Waals surface area contributed by atoms with Crippen LogP contribution in [0.1, 0.15) is 40.0 Å². The van der Waals surface area contributed by atoms with Crippen LogP contribution in [0.3, 0.4) is 0 Å². The van der Waals surface area contributed by atoms with Gasteiger partial charge in [0.15, 0.2) is 12.0 Å². The van der Waals surface area contributed by atoms with Gasteiger partial charge in [-0.25, -0.2) is 9.18 Å². The van der Waals surface area contributed by atoms with E-state index in [2.05, 4.69) is 0 Å². The molecule has 0 aliphatic carbocycles. The summed E-state index contributed by atoms with van der Waals surface area (Å²) in [5.74, 6) is -0.377. The lowest BCUT2D eigenvalue weighted by Crippen LogP contribution is -2.54. The van der Waals surface area contributed by atoms with Gasteiger partial charge in [-0.1, -0.05) is 0 Å². The van der Waals surface area contributed by atoms with Crippen molar-refractivity contribution < 1.29 is 18.7 Å². The molecule has 0 aromatic rings. The Balaban J connectivity index is 2.12. The molecule has 0 aromatic heterocycles. The van der Waals surface area contributed by atoms with Gasteiger partial charge in [-0.2, -0.15) is 0 Å². The average molecular weight is 243 g/mol. The number of alkyl halides is 1. The summed E-state index contributed by atoms with van der Waals surface area (Å²) in [7, 11) is 0. The molecule has 17 heavy (non-hydrogen) atoms. The van der Waals surface area contributed by atoms with Crippen LogP contribution in [0.25, 0.3) is 0 Å². The molecule has 4 nitrogen and oxygen atoms in total. The summed E-state index contributed by atoms with van der Waals surface area (Å²) in [4.78, 5) is 24.7. The Morgan fingerprint density at radius 1 is 1.41 bits per heavy atom. The minimum Gasteiger partial charge on any atom is -0.444 e. The van der Waals surface area contributed by atoms with E-state index >= 15 is 0 Å². The van der Waals surface area contributed by atoms with Gasteiger partial charge in [0.25, 0.3) is 0 Å². The number of hydrogen-bond acceptors (Lipinski definition) is 3. The number of carbonyl (C=O) groups is 2. The number of hydrogen-bond donors (Lipinski definition) is 0. The number of rotatable bonds is 0. The largest absolute Gasteiger partial charge is 0.444 e. The summed E-state index contributed by atoms with van der Waals surface area (Å²) >= 11 is 0. The maximum Gasteiger partial charge on any atom is 0.410 e. The van der Waals surface area contributed by atoms with Gasteiger partial charge < -0.3 is 4.74 Å². The molecule has 0 N–H and O–H groups in total. The second-order valence-electron chi connectivity index (χ2n) is 5.76. The Morgan fingerprint density at radius 3 is 2.65 bits per heavy atom. The molecule has 0 aromatic carbocycles. The molecule has 2 aliphatic rings. The van der Waals surface area contributed by atoms with E-state index in [4.69, 9.17) is 4.74 Å².